The van der Waals surface area contributed by atoms with Crippen molar-refractivity contribution in [3.63, 3.8) is 0 Å². The molecule has 0 aliphatic rings. The number of benzene rings is 2. The predicted molar refractivity (Wildman–Crippen MR) is 96.2 cm³/mol. The van der Waals surface area contributed by atoms with Crippen LogP contribution in [-0.2, 0) is 17.8 Å². The molecule has 1 N–H and O–H groups in total. The Morgan fingerprint density at radius 3 is 2.50 bits per heavy atom. The lowest BCUT2D eigenvalue weighted by molar-refractivity contribution is 0.141. The van der Waals surface area contributed by atoms with Gasteiger partial charge in [-0.3, -0.25) is 4.90 Å². The summed E-state index contributed by atoms with van der Waals surface area (Å²) in [5.74, 6) is 0. The summed E-state index contributed by atoms with van der Waals surface area (Å²) in [6.07, 6.45) is 0.363. The second-order valence-corrected chi connectivity index (χ2v) is 5.88. The molecule has 0 spiro atoms. The van der Waals surface area contributed by atoms with E-state index in [1.807, 2.05) is 62.4 Å². The van der Waals surface area contributed by atoms with Crippen molar-refractivity contribution in [1.29, 1.82) is 0 Å². The number of rotatable bonds is 6. The Hall–Kier alpha value is -2.33. The van der Waals surface area contributed by atoms with Crippen LogP contribution in [0.15, 0.2) is 48.5 Å². The molecule has 4 heteroatoms. The summed E-state index contributed by atoms with van der Waals surface area (Å²) >= 11 is 0. The van der Waals surface area contributed by atoms with Crippen LogP contribution >= 0.6 is 0 Å². The van der Waals surface area contributed by atoms with Crippen molar-refractivity contribution in [1.82, 2.24) is 0 Å². The molecule has 1 amide bonds. The van der Waals surface area contributed by atoms with Crippen molar-refractivity contribution in [3.8, 4) is 0 Å². The first-order valence-electron chi connectivity index (χ1n) is 8.27. The molecule has 1 atom stereocenters. The Labute approximate surface area is 143 Å². The van der Waals surface area contributed by atoms with Crippen LogP contribution in [0.1, 0.15) is 30.5 Å². The van der Waals surface area contributed by atoms with E-state index in [1.165, 1.54) is 0 Å². The van der Waals surface area contributed by atoms with Crippen LogP contribution in [0.5, 0.6) is 0 Å². The van der Waals surface area contributed by atoms with Crippen molar-refractivity contribution in [2.24, 2.45) is 0 Å². The Kier molecular flexibility index (Phi) is 6.38. The molecule has 0 aliphatic carbocycles. The molecule has 0 radical (unpaired) electrons. The normalized spacial score (nSPS) is 11.8. The molecule has 2 rings (SSSR count). The highest BCUT2D eigenvalue weighted by molar-refractivity contribution is 5.90. The van der Waals surface area contributed by atoms with E-state index >= 15 is 0 Å². The van der Waals surface area contributed by atoms with Gasteiger partial charge in [-0.1, -0.05) is 55.5 Å². The number of anilines is 1. The number of aliphatic hydroxyl groups is 1. The van der Waals surface area contributed by atoms with Crippen molar-refractivity contribution in [2.75, 3.05) is 11.5 Å². The molecule has 24 heavy (non-hydrogen) atoms. The number of carbonyl (C=O) groups is 1. The summed E-state index contributed by atoms with van der Waals surface area (Å²) < 4.78 is 5.50. The topological polar surface area (TPSA) is 49.8 Å². The van der Waals surface area contributed by atoms with E-state index in [0.29, 0.717) is 0 Å². The van der Waals surface area contributed by atoms with Crippen LogP contribution < -0.4 is 4.90 Å². The minimum absolute atomic E-state index is 0.127. The van der Waals surface area contributed by atoms with E-state index in [2.05, 4.69) is 6.92 Å². The monoisotopic (exact) mass is 327 g/mol. The van der Waals surface area contributed by atoms with Crippen LogP contribution in [0.3, 0.4) is 0 Å². The number of hydrogen-bond donors (Lipinski definition) is 1. The van der Waals surface area contributed by atoms with Crippen molar-refractivity contribution >= 4 is 11.8 Å². The smallest absolute Gasteiger partial charge is 0.414 e. The van der Waals surface area contributed by atoms with Gasteiger partial charge in [0.1, 0.15) is 6.61 Å². The lowest BCUT2D eigenvalue weighted by atomic mass is 10.0. The highest BCUT2D eigenvalue weighted by atomic mass is 16.6. The van der Waals surface area contributed by atoms with E-state index in [-0.39, 0.29) is 19.3 Å². The minimum Gasteiger partial charge on any atom is -0.444 e. The van der Waals surface area contributed by atoms with Crippen LogP contribution in [0, 0.1) is 6.92 Å². The fraction of sp³-hybridized carbons (Fsp3) is 0.350. The molecule has 0 saturated carbocycles. The lowest BCUT2D eigenvalue weighted by Crippen LogP contribution is -2.42. The van der Waals surface area contributed by atoms with Gasteiger partial charge in [-0.25, -0.2) is 4.79 Å². The molecule has 1 unspecified atom stereocenters. The predicted octanol–water partition coefficient (Wildman–Crippen LogP) is 4.08. The average molecular weight is 327 g/mol. The van der Waals surface area contributed by atoms with Gasteiger partial charge in [0.05, 0.1) is 18.3 Å². The zero-order valence-corrected chi connectivity index (χ0v) is 14.5. The van der Waals surface area contributed by atoms with E-state index in [4.69, 9.17) is 4.74 Å². The summed E-state index contributed by atoms with van der Waals surface area (Å²) in [6, 6.07) is 15.2. The van der Waals surface area contributed by atoms with E-state index in [1.54, 1.807) is 4.90 Å². The highest BCUT2D eigenvalue weighted by Crippen LogP contribution is 2.28. The largest absolute Gasteiger partial charge is 0.444 e. The third kappa shape index (κ3) is 4.15. The van der Waals surface area contributed by atoms with Crippen LogP contribution in [0.2, 0.25) is 0 Å². The number of nitrogens with zero attached hydrogens (tertiary/aromatic N) is 1. The van der Waals surface area contributed by atoms with Gasteiger partial charge in [-0.2, -0.15) is 0 Å². The van der Waals surface area contributed by atoms with Gasteiger partial charge in [0, 0.05) is 0 Å². The second kappa shape index (κ2) is 8.50. The average Bonchev–Trinajstić information content (AvgIpc) is 2.62. The Balaban J connectivity index is 2.27. The highest BCUT2D eigenvalue weighted by Gasteiger charge is 2.26. The molecule has 0 fully saturated rings. The zero-order valence-electron chi connectivity index (χ0n) is 14.5. The SMILES string of the molecule is CCc1cccc(C)c1N(C(=O)OCc1ccccc1)C(C)CO. The van der Waals surface area contributed by atoms with E-state index < -0.39 is 6.09 Å². The van der Waals surface area contributed by atoms with Crippen LogP contribution in [-0.4, -0.2) is 23.8 Å². The molecule has 0 bridgehead atoms. The third-order valence-electron chi connectivity index (χ3n) is 4.05. The first kappa shape index (κ1) is 18.0. The number of hydrogen-bond acceptors (Lipinski definition) is 3. The van der Waals surface area contributed by atoms with Crippen molar-refractivity contribution < 1.29 is 14.6 Å². The van der Waals surface area contributed by atoms with Crippen molar-refractivity contribution in [2.45, 2.75) is 39.8 Å². The molecular formula is C20H25NO3. The molecule has 0 aromatic heterocycles. The Morgan fingerprint density at radius 1 is 1.17 bits per heavy atom. The number of ether oxygens (including phenoxy) is 1. The fourth-order valence-corrected chi connectivity index (χ4v) is 2.71. The molecule has 0 heterocycles. The number of amides is 1. The third-order valence-corrected chi connectivity index (χ3v) is 4.05. The molecule has 2 aromatic rings. The fourth-order valence-electron chi connectivity index (χ4n) is 2.71. The lowest BCUT2D eigenvalue weighted by Gasteiger charge is -2.30. The van der Waals surface area contributed by atoms with Crippen molar-refractivity contribution in [3.05, 3.63) is 65.2 Å². The van der Waals surface area contributed by atoms with Gasteiger partial charge in [-0.15, -0.1) is 0 Å². The van der Waals surface area contributed by atoms with E-state index in [9.17, 15) is 9.90 Å². The molecular weight excluding hydrogens is 302 g/mol. The maximum absolute atomic E-state index is 12.7. The quantitative estimate of drug-likeness (QED) is 0.869. The van der Waals surface area contributed by atoms with Gasteiger partial charge in [0.25, 0.3) is 0 Å². The first-order valence-corrected chi connectivity index (χ1v) is 8.27. The number of aliphatic hydroxyl groups excluding tert-OH is 1. The Morgan fingerprint density at radius 2 is 1.88 bits per heavy atom. The van der Waals surface area contributed by atoms with E-state index in [0.717, 1.165) is 28.8 Å². The molecule has 0 saturated heterocycles. The molecule has 128 valence electrons. The van der Waals surface area contributed by atoms with Gasteiger partial charge >= 0.3 is 6.09 Å². The maximum atomic E-state index is 12.7. The Bertz CT molecular complexity index is 670. The summed E-state index contributed by atoms with van der Waals surface area (Å²) in [7, 11) is 0. The summed E-state index contributed by atoms with van der Waals surface area (Å²) in [5.41, 5.74) is 3.82. The minimum atomic E-state index is -0.440. The number of carbonyl (C=O) groups excluding carboxylic acids is 1. The van der Waals surface area contributed by atoms with Gasteiger partial charge < -0.3 is 9.84 Å². The summed E-state index contributed by atoms with van der Waals surface area (Å²) in [4.78, 5) is 14.3. The molecule has 0 aliphatic heterocycles. The van der Waals surface area contributed by atoms with Gasteiger partial charge in [0.15, 0.2) is 0 Å². The van der Waals surface area contributed by atoms with Gasteiger partial charge in [0.2, 0.25) is 0 Å². The van der Waals surface area contributed by atoms with Crippen LogP contribution in [0.25, 0.3) is 0 Å². The summed E-state index contributed by atoms with van der Waals surface area (Å²) in [5, 5.41) is 9.61. The standard InChI is InChI=1S/C20H25NO3/c1-4-18-12-8-9-15(2)19(18)21(16(3)13-22)20(23)24-14-17-10-6-5-7-11-17/h5-12,16,22H,4,13-14H2,1-3H3. The zero-order chi connectivity index (χ0) is 17.5. The maximum Gasteiger partial charge on any atom is 0.414 e. The number of para-hydroxylation sites is 1. The molecule has 2 aromatic carbocycles. The second-order valence-electron chi connectivity index (χ2n) is 5.88. The summed E-state index contributed by atoms with van der Waals surface area (Å²) in [6.45, 7) is 5.92. The first-order chi connectivity index (χ1) is 11.6. The number of aryl methyl sites for hydroxylation is 2. The molecule has 4 nitrogen and oxygen atoms in total. The van der Waals surface area contributed by atoms with Gasteiger partial charge in [-0.05, 0) is 37.0 Å². The van der Waals surface area contributed by atoms with Crippen LogP contribution in [0.4, 0.5) is 10.5 Å².